The van der Waals surface area contributed by atoms with Gasteiger partial charge in [0.2, 0.25) is 15.9 Å². The maximum Gasteiger partial charge on any atom is 0.261 e. The number of hydrogen-bond donors (Lipinski definition) is 1. The summed E-state index contributed by atoms with van der Waals surface area (Å²) >= 11 is 5.91. The predicted molar refractivity (Wildman–Crippen MR) is 116 cm³/mol. The topological polar surface area (TPSA) is 111 Å². The van der Waals surface area contributed by atoms with Gasteiger partial charge in [-0.2, -0.15) is 4.31 Å². The van der Waals surface area contributed by atoms with Gasteiger partial charge in [-0.3, -0.25) is 14.2 Å². The number of aromatic nitrogens is 2. The lowest BCUT2D eigenvalue weighted by Crippen LogP contribution is -2.40. The van der Waals surface area contributed by atoms with Crippen LogP contribution in [0.2, 0.25) is 5.02 Å². The van der Waals surface area contributed by atoms with Crippen molar-refractivity contribution in [1.82, 2.24) is 13.9 Å². The number of halogens is 1. The van der Waals surface area contributed by atoms with Crippen LogP contribution in [0.25, 0.3) is 10.9 Å². The monoisotopic (exact) mass is 462 g/mol. The van der Waals surface area contributed by atoms with E-state index >= 15 is 0 Å². The Morgan fingerprint density at radius 3 is 2.55 bits per heavy atom. The number of ether oxygens (including phenoxy) is 1. The molecule has 11 heteroatoms. The maximum absolute atomic E-state index is 12.7. The van der Waals surface area contributed by atoms with E-state index < -0.39 is 15.9 Å². The first kappa shape index (κ1) is 21.4. The third-order valence-corrected chi connectivity index (χ3v) is 7.00. The van der Waals surface area contributed by atoms with E-state index in [1.807, 2.05) is 0 Å². The highest BCUT2D eigenvalue weighted by Crippen LogP contribution is 2.19. The van der Waals surface area contributed by atoms with Gasteiger partial charge in [0.05, 0.1) is 35.3 Å². The SMILES string of the molecule is O=C(Cn1cnc2cc(Cl)ccc2c1=O)Nc1ccc(S(=O)(=O)N2CCOCC2)cc1. The molecule has 1 saturated heterocycles. The van der Waals surface area contributed by atoms with Gasteiger partial charge in [-0.1, -0.05) is 11.6 Å². The number of anilines is 1. The number of fused-ring (bicyclic) bond motifs is 1. The normalized spacial score (nSPS) is 15.1. The molecule has 0 unspecified atom stereocenters. The Balaban J connectivity index is 1.46. The molecule has 0 saturated carbocycles. The lowest BCUT2D eigenvalue weighted by atomic mass is 10.2. The van der Waals surface area contributed by atoms with Crippen LogP contribution in [-0.4, -0.2) is 54.5 Å². The van der Waals surface area contributed by atoms with E-state index in [-0.39, 0.29) is 17.0 Å². The molecule has 1 N–H and O–H groups in total. The number of morpholine rings is 1. The van der Waals surface area contributed by atoms with Gasteiger partial charge in [-0.05, 0) is 42.5 Å². The molecule has 162 valence electrons. The van der Waals surface area contributed by atoms with Crippen LogP contribution >= 0.6 is 11.6 Å². The average molecular weight is 463 g/mol. The number of carbonyl (C=O) groups is 1. The van der Waals surface area contributed by atoms with Crippen LogP contribution in [0.15, 0.2) is 58.5 Å². The van der Waals surface area contributed by atoms with Crippen LogP contribution in [0.3, 0.4) is 0 Å². The van der Waals surface area contributed by atoms with Crippen LogP contribution in [0.4, 0.5) is 5.69 Å². The van der Waals surface area contributed by atoms with E-state index in [0.29, 0.717) is 47.9 Å². The molecule has 0 spiro atoms. The summed E-state index contributed by atoms with van der Waals surface area (Å²) in [6, 6.07) is 10.6. The zero-order valence-corrected chi connectivity index (χ0v) is 17.9. The largest absolute Gasteiger partial charge is 0.379 e. The summed E-state index contributed by atoms with van der Waals surface area (Å²) in [5.74, 6) is -0.444. The zero-order valence-electron chi connectivity index (χ0n) is 16.3. The van der Waals surface area contributed by atoms with Crippen molar-refractivity contribution < 1.29 is 17.9 Å². The minimum Gasteiger partial charge on any atom is -0.379 e. The first-order valence-corrected chi connectivity index (χ1v) is 11.3. The van der Waals surface area contributed by atoms with Gasteiger partial charge in [0.25, 0.3) is 5.56 Å². The lowest BCUT2D eigenvalue weighted by molar-refractivity contribution is -0.116. The molecule has 4 rings (SSSR count). The third-order valence-electron chi connectivity index (χ3n) is 4.85. The van der Waals surface area contributed by atoms with Crippen molar-refractivity contribution in [3.63, 3.8) is 0 Å². The molecule has 0 aliphatic carbocycles. The van der Waals surface area contributed by atoms with Gasteiger partial charge in [0.15, 0.2) is 0 Å². The Kier molecular flexibility index (Phi) is 6.05. The van der Waals surface area contributed by atoms with Crippen LogP contribution < -0.4 is 10.9 Å². The Labute approximate surface area is 183 Å². The summed E-state index contributed by atoms with van der Waals surface area (Å²) < 4.78 is 33.1. The van der Waals surface area contributed by atoms with Crippen molar-refractivity contribution in [2.45, 2.75) is 11.4 Å². The molecule has 31 heavy (non-hydrogen) atoms. The fourth-order valence-electron chi connectivity index (χ4n) is 3.25. The summed E-state index contributed by atoms with van der Waals surface area (Å²) in [4.78, 5) is 29.3. The molecule has 1 aliphatic heterocycles. The molecule has 0 radical (unpaired) electrons. The standard InChI is InChI=1S/C20H19ClN4O5S/c21-14-1-6-17-18(11-14)22-13-24(20(17)27)12-19(26)23-15-2-4-16(5-3-15)31(28,29)25-7-9-30-10-8-25/h1-6,11,13H,7-10,12H2,(H,23,26). The van der Waals surface area contributed by atoms with Crippen molar-refractivity contribution in [3.05, 3.63) is 64.2 Å². The van der Waals surface area contributed by atoms with Crippen molar-refractivity contribution in [1.29, 1.82) is 0 Å². The Bertz CT molecular complexity index is 1290. The van der Waals surface area contributed by atoms with Crippen molar-refractivity contribution in [3.8, 4) is 0 Å². The quantitative estimate of drug-likeness (QED) is 0.618. The second-order valence-electron chi connectivity index (χ2n) is 6.93. The van der Waals surface area contributed by atoms with Crippen molar-refractivity contribution in [2.75, 3.05) is 31.6 Å². The van der Waals surface area contributed by atoms with Gasteiger partial charge in [-0.15, -0.1) is 0 Å². The third kappa shape index (κ3) is 4.62. The molecular formula is C20H19ClN4O5S. The van der Waals surface area contributed by atoms with Crippen molar-refractivity contribution in [2.24, 2.45) is 0 Å². The Hall–Kier alpha value is -2.79. The number of nitrogens with zero attached hydrogens (tertiary/aromatic N) is 3. The second kappa shape index (κ2) is 8.75. The van der Waals surface area contributed by atoms with Crippen LogP contribution in [0.5, 0.6) is 0 Å². The minimum absolute atomic E-state index is 0.140. The molecule has 1 aliphatic rings. The number of hydrogen-bond acceptors (Lipinski definition) is 6. The summed E-state index contributed by atoms with van der Waals surface area (Å²) in [5, 5.41) is 3.48. The highest BCUT2D eigenvalue weighted by atomic mass is 35.5. The molecule has 0 atom stereocenters. The summed E-state index contributed by atoms with van der Waals surface area (Å²) in [6.07, 6.45) is 1.29. The van der Waals surface area contributed by atoms with E-state index in [1.54, 1.807) is 18.2 Å². The minimum atomic E-state index is -3.61. The Morgan fingerprint density at radius 2 is 1.84 bits per heavy atom. The van der Waals surface area contributed by atoms with E-state index in [9.17, 15) is 18.0 Å². The molecule has 3 aromatic rings. The smallest absolute Gasteiger partial charge is 0.261 e. The predicted octanol–water partition coefficient (Wildman–Crippen LogP) is 1.71. The van der Waals surface area contributed by atoms with Gasteiger partial charge in [0, 0.05) is 23.8 Å². The van der Waals surface area contributed by atoms with E-state index in [2.05, 4.69) is 10.3 Å². The number of nitrogens with one attached hydrogen (secondary N) is 1. The first-order valence-electron chi connectivity index (χ1n) is 9.47. The molecule has 1 aromatic heterocycles. The van der Waals surface area contributed by atoms with Crippen LogP contribution in [0, 0.1) is 0 Å². The molecule has 0 bridgehead atoms. The zero-order chi connectivity index (χ0) is 22.0. The molecule has 2 heterocycles. The molecular weight excluding hydrogens is 444 g/mol. The van der Waals surface area contributed by atoms with E-state index in [0.717, 1.165) is 0 Å². The summed E-state index contributed by atoms with van der Waals surface area (Å²) in [7, 11) is -3.61. The molecule has 1 amide bonds. The molecule has 1 fully saturated rings. The van der Waals surface area contributed by atoms with Gasteiger partial charge in [0.1, 0.15) is 6.54 Å². The fourth-order valence-corrected chi connectivity index (χ4v) is 4.82. The fraction of sp³-hybridized carbons (Fsp3) is 0.250. The highest BCUT2D eigenvalue weighted by Gasteiger charge is 2.26. The Morgan fingerprint density at radius 1 is 1.13 bits per heavy atom. The van der Waals surface area contributed by atoms with E-state index in [1.165, 1.54) is 39.5 Å². The first-order chi connectivity index (χ1) is 14.8. The van der Waals surface area contributed by atoms with Gasteiger partial charge in [-0.25, -0.2) is 13.4 Å². The molecule has 9 nitrogen and oxygen atoms in total. The lowest BCUT2D eigenvalue weighted by Gasteiger charge is -2.26. The van der Waals surface area contributed by atoms with Crippen LogP contribution in [0.1, 0.15) is 0 Å². The number of amides is 1. The van der Waals surface area contributed by atoms with Gasteiger partial charge >= 0.3 is 0 Å². The maximum atomic E-state index is 12.7. The number of sulfonamides is 1. The van der Waals surface area contributed by atoms with E-state index in [4.69, 9.17) is 16.3 Å². The highest BCUT2D eigenvalue weighted by molar-refractivity contribution is 7.89. The summed E-state index contributed by atoms with van der Waals surface area (Å²) in [5.41, 5.74) is 0.509. The average Bonchev–Trinajstić information content (AvgIpc) is 2.76. The summed E-state index contributed by atoms with van der Waals surface area (Å²) in [6.45, 7) is 1.11. The van der Waals surface area contributed by atoms with Crippen LogP contribution in [-0.2, 0) is 26.1 Å². The van der Waals surface area contributed by atoms with Crippen molar-refractivity contribution >= 4 is 44.1 Å². The molecule has 2 aromatic carbocycles. The number of benzene rings is 2. The van der Waals surface area contributed by atoms with Gasteiger partial charge < -0.3 is 10.1 Å². The second-order valence-corrected chi connectivity index (χ2v) is 9.30. The number of rotatable bonds is 5. The number of carbonyl (C=O) groups excluding carboxylic acids is 1.